The summed E-state index contributed by atoms with van der Waals surface area (Å²) in [5.41, 5.74) is 2.65. The molecule has 28 heavy (non-hydrogen) atoms. The predicted molar refractivity (Wildman–Crippen MR) is 108 cm³/mol. The van der Waals surface area contributed by atoms with E-state index in [4.69, 9.17) is 16.9 Å². The Bertz CT molecular complexity index is 1030. The van der Waals surface area contributed by atoms with E-state index in [0.717, 1.165) is 11.1 Å². The van der Waals surface area contributed by atoms with Gasteiger partial charge in [-0.3, -0.25) is 4.79 Å². The Morgan fingerprint density at radius 1 is 1.25 bits per heavy atom. The van der Waals surface area contributed by atoms with Crippen LogP contribution >= 0.6 is 11.6 Å². The van der Waals surface area contributed by atoms with Crippen LogP contribution in [0.25, 0.3) is 0 Å². The zero-order chi connectivity index (χ0) is 20.5. The largest absolute Gasteiger partial charge is 0.323 e. The second-order valence-corrected chi connectivity index (χ2v) is 9.20. The molecule has 1 amide bonds. The Hall–Kier alpha value is -2.40. The third-order valence-corrected chi connectivity index (χ3v) is 6.75. The van der Waals surface area contributed by atoms with Crippen molar-refractivity contribution < 1.29 is 13.2 Å². The molecular weight excluding hydrogens is 398 g/mol. The Morgan fingerprint density at radius 3 is 2.43 bits per heavy atom. The van der Waals surface area contributed by atoms with Gasteiger partial charge >= 0.3 is 0 Å². The van der Waals surface area contributed by atoms with Gasteiger partial charge in [-0.2, -0.15) is 9.57 Å². The monoisotopic (exact) mass is 417 g/mol. The van der Waals surface area contributed by atoms with E-state index in [1.54, 1.807) is 6.07 Å². The van der Waals surface area contributed by atoms with Crippen LogP contribution in [0.3, 0.4) is 0 Å². The van der Waals surface area contributed by atoms with Gasteiger partial charge in [0.25, 0.3) is 0 Å². The molecule has 0 spiro atoms. The third-order valence-electron chi connectivity index (χ3n) is 4.54. The number of carbonyl (C=O) groups is 1. The van der Waals surface area contributed by atoms with Gasteiger partial charge in [-0.15, -0.1) is 0 Å². The number of sulfonamides is 1. The maximum atomic E-state index is 13.0. The number of hydrogen-bond donors (Lipinski definition) is 1. The van der Waals surface area contributed by atoms with E-state index in [1.165, 1.54) is 28.6 Å². The van der Waals surface area contributed by atoms with Crippen molar-refractivity contribution >= 4 is 33.2 Å². The van der Waals surface area contributed by atoms with Crippen LogP contribution < -0.4 is 5.32 Å². The summed E-state index contributed by atoms with van der Waals surface area (Å²) < 4.78 is 27.3. The van der Waals surface area contributed by atoms with Crippen LogP contribution in [0.1, 0.15) is 29.5 Å². The first-order chi connectivity index (χ1) is 13.2. The van der Waals surface area contributed by atoms with Crippen molar-refractivity contribution in [3.63, 3.8) is 0 Å². The molecule has 3 rings (SSSR count). The average Bonchev–Trinajstić information content (AvgIpc) is 3.47. The Labute approximate surface area is 169 Å². The van der Waals surface area contributed by atoms with Gasteiger partial charge < -0.3 is 5.32 Å². The van der Waals surface area contributed by atoms with Crippen LogP contribution in [0.2, 0.25) is 5.02 Å². The lowest BCUT2D eigenvalue weighted by molar-refractivity contribution is -0.116. The standard InChI is InChI=1S/C20H20ClN3O3S/c1-13-9-14(2)20(18(21)10-13)23-19(25)12-24(16-5-6-16)28(26,27)17-7-3-15(11-22)4-8-17/h3-4,7-10,16H,5-6,12H2,1-2H3,(H,23,25). The predicted octanol–water partition coefficient (Wildman–Crippen LogP) is 3.62. The third kappa shape index (κ3) is 4.36. The number of rotatable bonds is 6. The molecule has 0 atom stereocenters. The lowest BCUT2D eigenvalue weighted by atomic mass is 10.1. The van der Waals surface area contributed by atoms with Gasteiger partial charge in [-0.1, -0.05) is 17.7 Å². The Kier molecular flexibility index (Phi) is 5.75. The van der Waals surface area contributed by atoms with E-state index in [-0.39, 0.29) is 17.5 Å². The fourth-order valence-electron chi connectivity index (χ4n) is 3.00. The molecule has 1 aliphatic carbocycles. The number of amides is 1. The van der Waals surface area contributed by atoms with Crippen molar-refractivity contribution in [1.29, 1.82) is 5.26 Å². The maximum absolute atomic E-state index is 13.0. The zero-order valence-corrected chi connectivity index (χ0v) is 17.1. The second kappa shape index (κ2) is 7.92. The first-order valence-electron chi connectivity index (χ1n) is 8.81. The van der Waals surface area contributed by atoms with Gasteiger partial charge in [-0.25, -0.2) is 8.42 Å². The van der Waals surface area contributed by atoms with Gasteiger partial charge in [-0.05, 0) is 68.1 Å². The number of aryl methyl sites for hydroxylation is 2. The number of hydrogen-bond acceptors (Lipinski definition) is 4. The fourth-order valence-corrected chi connectivity index (χ4v) is 5.01. The number of halogens is 1. The summed E-state index contributed by atoms with van der Waals surface area (Å²) in [6.07, 6.45) is 1.43. The highest BCUT2D eigenvalue weighted by Gasteiger charge is 2.39. The first kappa shape index (κ1) is 20.3. The number of nitrogens with zero attached hydrogens (tertiary/aromatic N) is 2. The van der Waals surface area contributed by atoms with Crippen LogP contribution in [0, 0.1) is 25.2 Å². The molecule has 0 radical (unpaired) electrons. The van der Waals surface area contributed by atoms with Gasteiger partial charge in [0.05, 0.1) is 33.8 Å². The van der Waals surface area contributed by atoms with Gasteiger partial charge in [0, 0.05) is 6.04 Å². The van der Waals surface area contributed by atoms with Gasteiger partial charge in [0.15, 0.2) is 0 Å². The van der Waals surface area contributed by atoms with Gasteiger partial charge in [0.1, 0.15) is 0 Å². The van der Waals surface area contributed by atoms with Crippen LogP contribution in [0.15, 0.2) is 41.3 Å². The fraction of sp³-hybridized carbons (Fsp3) is 0.300. The average molecular weight is 418 g/mol. The molecule has 0 saturated heterocycles. The number of nitriles is 1. The van der Waals surface area contributed by atoms with E-state index >= 15 is 0 Å². The quantitative estimate of drug-likeness (QED) is 0.777. The minimum atomic E-state index is -3.85. The molecule has 0 heterocycles. The normalized spacial score (nSPS) is 14.0. The smallest absolute Gasteiger partial charge is 0.243 e. The highest BCUT2D eigenvalue weighted by atomic mass is 35.5. The molecule has 0 bridgehead atoms. The summed E-state index contributed by atoms with van der Waals surface area (Å²) in [7, 11) is -3.85. The van der Waals surface area contributed by atoms with E-state index in [2.05, 4.69) is 5.32 Å². The summed E-state index contributed by atoms with van der Waals surface area (Å²) in [4.78, 5) is 12.7. The number of benzene rings is 2. The van der Waals surface area contributed by atoms with Crippen molar-refractivity contribution in [2.24, 2.45) is 0 Å². The summed E-state index contributed by atoms with van der Waals surface area (Å²) in [5, 5.41) is 12.0. The first-order valence-corrected chi connectivity index (χ1v) is 10.6. The minimum absolute atomic E-state index is 0.0655. The molecule has 8 heteroatoms. The lowest BCUT2D eigenvalue weighted by Crippen LogP contribution is -2.39. The second-order valence-electron chi connectivity index (χ2n) is 6.90. The van der Waals surface area contributed by atoms with E-state index < -0.39 is 15.9 Å². The number of nitrogens with one attached hydrogen (secondary N) is 1. The molecule has 2 aromatic rings. The summed E-state index contributed by atoms with van der Waals surface area (Å²) in [5.74, 6) is -0.446. The maximum Gasteiger partial charge on any atom is 0.243 e. The molecule has 1 fully saturated rings. The molecule has 6 nitrogen and oxygen atoms in total. The molecule has 0 unspecified atom stereocenters. The van der Waals surface area contributed by atoms with Crippen LogP contribution in [-0.2, 0) is 14.8 Å². The van der Waals surface area contributed by atoms with E-state index in [0.29, 0.717) is 29.1 Å². The molecule has 2 aromatic carbocycles. The molecule has 146 valence electrons. The summed E-state index contributed by atoms with van der Waals surface area (Å²) >= 11 is 6.23. The molecule has 0 aromatic heterocycles. The highest BCUT2D eigenvalue weighted by molar-refractivity contribution is 7.89. The SMILES string of the molecule is Cc1cc(C)c(NC(=O)CN(C2CC2)S(=O)(=O)c2ccc(C#N)cc2)c(Cl)c1. The Morgan fingerprint density at radius 2 is 1.89 bits per heavy atom. The minimum Gasteiger partial charge on any atom is -0.323 e. The number of anilines is 1. The van der Waals surface area contributed by atoms with Crippen molar-refractivity contribution in [1.82, 2.24) is 4.31 Å². The van der Waals surface area contributed by atoms with E-state index in [1.807, 2.05) is 26.0 Å². The lowest BCUT2D eigenvalue weighted by Gasteiger charge is -2.22. The van der Waals surface area contributed by atoms with E-state index in [9.17, 15) is 13.2 Å². The highest BCUT2D eigenvalue weighted by Crippen LogP contribution is 2.32. The van der Waals surface area contributed by atoms with Gasteiger partial charge in [0.2, 0.25) is 15.9 Å². The Balaban J connectivity index is 1.81. The van der Waals surface area contributed by atoms with Crippen LogP contribution in [0.4, 0.5) is 5.69 Å². The molecule has 1 aliphatic rings. The van der Waals surface area contributed by atoms with Crippen molar-refractivity contribution in [3.8, 4) is 6.07 Å². The molecule has 1 N–H and O–H groups in total. The van der Waals surface area contributed by atoms with Crippen molar-refractivity contribution in [2.75, 3.05) is 11.9 Å². The topological polar surface area (TPSA) is 90.3 Å². The zero-order valence-electron chi connectivity index (χ0n) is 15.6. The summed E-state index contributed by atoms with van der Waals surface area (Å²) in [6, 6.07) is 11.1. The molecule has 0 aliphatic heterocycles. The summed E-state index contributed by atoms with van der Waals surface area (Å²) in [6.45, 7) is 3.45. The van der Waals surface area contributed by atoms with Crippen LogP contribution in [0.5, 0.6) is 0 Å². The molecule has 1 saturated carbocycles. The number of carbonyl (C=O) groups excluding carboxylic acids is 1. The van der Waals surface area contributed by atoms with Crippen LogP contribution in [-0.4, -0.2) is 31.2 Å². The van der Waals surface area contributed by atoms with Crippen molar-refractivity contribution in [3.05, 3.63) is 58.1 Å². The van der Waals surface area contributed by atoms with Crippen molar-refractivity contribution in [2.45, 2.75) is 37.6 Å². The molecular formula is C20H20ClN3O3S.